The molecule has 2 aromatic carbocycles. The molecule has 11 heteroatoms. The minimum Gasteiger partial charge on any atom is -0.492 e. The van der Waals surface area contributed by atoms with E-state index >= 15 is 0 Å². The van der Waals surface area contributed by atoms with Gasteiger partial charge in [-0.3, -0.25) is 4.79 Å². The minimum absolute atomic E-state index is 0.117. The summed E-state index contributed by atoms with van der Waals surface area (Å²) >= 11 is 0.857. The van der Waals surface area contributed by atoms with Crippen molar-refractivity contribution in [1.29, 1.82) is 5.26 Å². The SMILES string of the molecule is CCOc1ccc(-c2ccc(C3(C#N)C(=O)N(Cc4ccc(F)cc4F)C=CC3C(F)(F)F)s2)cc1N. The summed E-state index contributed by atoms with van der Waals surface area (Å²) in [5.41, 5.74) is 4.14. The van der Waals surface area contributed by atoms with E-state index in [9.17, 15) is 32.0 Å². The van der Waals surface area contributed by atoms with Gasteiger partial charge in [0.05, 0.1) is 24.9 Å². The van der Waals surface area contributed by atoms with Gasteiger partial charge in [-0.2, -0.15) is 18.4 Å². The molecule has 1 amide bonds. The maximum Gasteiger partial charge on any atom is 0.397 e. The molecule has 1 aliphatic heterocycles. The van der Waals surface area contributed by atoms with Crippen molar-refractivity contribution >= 4 is 22.9 Å². The van der Waals surface area contributed by atoms with Crippen LogP contribution in [-0.2, 0) is 16.8 Å². The second-order valence-electron chi connectivity index (χ2n) is 8.30. The van der Waals surface area contributed by atoms with Crippen molar-refractivity contribution in [3.8, 4) is 22.3 Å². The Balaban J connectivity index is 1.77. The number of carbonyl (C=O) groups is 1. The van der Waals surface area contributed by atoms with Crippen molar-refractivity contribution in [1.82, 2.24) is 4.90 Å². The number of thiophene rings is 1. The second kappa shape index (κ2) is 9.86. The number of ether oxygens (including phenoxy) is 1. The van der Waals surface area contributed by atoms with Crippen LogP contribution in [-0.4, -0.2) is 23.6 Å². The zero-order valence-corrected chi connectivity index (χ0v) is 20.2. The highest BCUT2D eigenvalue weighted by Gasteiger charge is 2.61. The summed E-state index contributed by atoms with van der Waals surface area (Å²) < 4.78 is 75.4. The molecule has 2 heterocycles. The van der Waals surface area contributed by atoms with Gasteiger partial charge in [-0.25, -0.2) is 8.78 Å². The number of halogens is 5. The number of amides is 1. The predicted molar refractivity (Wildman–Crippen MR) is 128 cm³/mol. The number of allylic oxidation sites excluding steroid dienone is 1. The molecule has 0 radical (unpaired) electrons. The molecule has 0 fully saturated rings. The number of nitrogens with two attached hydrogens (primary N) is 1. The number of carbonyl (C=O) groups excluding carboxylic acids is 1. The fourth-order valence-corrected chi connectivity index (χ4v) is 5.37. The molecular formula is C26H20F5N3O2S. The van der Waals surface area contributed by atoms with Gasteiger partial charge in [0, 0.05) is 27.6 Å². The van der Waals surface area contributed by atoms with E-state index in [1.165, 1.54) is 12.1 Å². The highest BCUT2D eigenvalue weighted by Crippen LogP contribution is 2.49. The van der Waals surface area contributed by atoms with Gasteiger partial charge in [0.15, 0.2) is 5.41 Å². The monoisotopic (exact) mass is 533 g/mol. The van der Waals surface area contributed by atoms with E-state index < -0.39 is 41.6 Å². The summed E-state index contributed by atoms with van der Waals surface area (Å²) in [4.78, 5) is 14.8. The van der Waals surface area contributed by atoms with Crippen molar-refractivity contribution in [3.63, 3.8) is 0 Å². The van der Waals surface area contributed by atoms with Gasteiger partial charge >= 0.3 is 6.18 Å². The van der Waals surface area contributed by atoms with E-state index in [2.05, 4.69) is 0 Å². The molecule has 0 spiro atoms. The van der Waals surface area contributed by atoms with E-state index in [1.54, 1.807) is 31.2 Å². The quantitative estimate of drug-likeness (QED) is 0.304. The van der Waals surface area contributed by atoms with Crippen LogP contribution in [0.15, 0.2) is 60.8 Å². The lowest BCUT2D eigenvalue weighted by Crippen LogP contribution is -2.54. The molecule has 2 atom stereocenters. The number of hydrogen-bond acceptors (Lipinski definition) is 5. The van der Waals surface area contributed by atoms with E-state index in [0.717, 1.165) is 40.6 Å². The molecule has 1 aromatic heterocycles. The Kier molecular flexibility index (Phi) is 6.97. The fraction of sp³-hybridized carbons (Fsp3) is 0.231. The fourth-order valence-electron chi connectivity index (χ4n) is 4.20. The predicted octanol–water partition coefficient (Wildman–Crippen LogP) is 6.17. The lowest BCUT2D eigenvalue weighted by molar-refractivity contribution is -0.183. The topological polar surface area (TPSA) is 79.3 Å². The smallest absolute Gasteiger partial charge is 0.397 e. The van der Waals surface area contributed by atoms with Crippen molar-refractivity contribution < 1.29 is 31.5 Å². The Morgan fingerprint density at radius 2 is 1.92 bits per heavy atom. The van der Waals surface area contributed by atoms with Crippen LogP contribution in [0.1, 0.15) is 17.4 Å². The molecule has 37 heavy (non-hydrogen) atoms. The Bertz CT molecular complexity index is 1410. The summed E-state index contributed by atoms with van der Waals surface area (Å²) in [5.74, 6) is -4.96. The minimum atomic E-state index is -4.93. The first-order valence-electron chi connectivity index (χ1n) is 11.1. The van der Waals surface area contributed by atoms with Gasteiger partial charge < -0.3 is 15.4 Å². The molecule has 5 nitrogen and oxygen atoms in total. The maximum absolute atomic E-state index is 14.2. The van der Waals surface area contributed by atoms with Crippen LogP contribution in [0, 0.1) is 28.9 Å². The number of nitrogen functional groups attached to an aromatic ring is 1. The number of nitriles is 1. The lowest BCUT2D eigenvalue weighted by Gasteiger charge is -2.39. The van der Waals surface area contributed by atoms with Crippen molar-refractivity contribution in [2.75, 3.05) is 12.3 Å². The summed E-state index contributed by atoms with van der Waals surface area (Å²) in [6.45, 7) is 1.70. The first kappa shape index (κ1) is 26.2. The summed E-state index contributed by atoms with van der Waals surface area (Å²) in [6, 6.07) is 12.0. The first-order valence-corrected chi connectivity index (χ1v) is 11.9. The highest BCUT2D eigenvalue weighted by atomic mass is 32.1. The van der Waals surface area contributed by atoms with Crippen LogP contribution in [0.4, 0.5) is 27.6 Å². The average molecular weight is 534 g/mol. The zero-order valence-electron chi connectivity index (χ0n) is 19.4. The van der Waals surface area contributed by atoms with Gasteiger partial charge in [-0.05, 0) is 48.9 Å². The number of hydrogen-bond donors (Lipinski definition) is 1. The van der Waals surface area contributed by atoms with Crippen LogP contribution in [0.5, 0.6) is 5.75 Å². The van der Waals surface area contributed by atoms with Crippen LogP contribution < -0.4 is 10.5 Å². The summed E-state index contributed by atoms with van der Waals surface area (Å²) in [6.07, 6.45) is -3.32. The van der Waals surface area contributed by atoms with Crippen molar-refractivity contribution in [3.05, 3.63) is 82.9 Å². The third-order valence-electron chi connectivity index (χ3n) is 6.00. The Hall–Kier alpha value is -3.91. The first-order chi connectivity index (χ1) is 17.5. The van der Waals surface area contributed by atoms with Crippen LogP contribution >= 0.6 is 11.3 Å². The standard InChI is InChI=1S/C26H20F5N3O2S/c1-2-36-20-6-4-15(11-19(20)33)21-7-8-23(37-21)25(14-32)22(26(29,30)31)9-10-34(24(25)35)13-16-3-5-17(27)12-18(16)28/h3-12,22H,2,13,33H2,1H3. The molecule has 0 aliphatic carbocycles. The normalized spacial score (nSPS) is 19.6. The number of nitrogens with zero attached hydrogens (tertiary/aromatic N) is 2. The molecule has 4 rings (SSSR count). The van der Waals surface area contributed by atoms with Gasteiger partial charge in [0.2, 0.25) is 0 Å². The Morgan fingerprint density at radius 1 is 1.16 bits per heavy atom. The summed E-state index contributed by atoms with van der Waals surface area (Å²) in [5, 5.41) is 10.1. The molecule has 0 bridgehead atoms. The Labute approximate surface area is 213 Å². The summed E-state index contributed by atoms with van der Waals surface area (Å²) in [7, 11) is 0. The van der Waals surface area contributed by atoms with Crippen molar-refractivity contribution in [2.24, 2.45) is 5.92 Å². The third kappa shape index (κ3) is 4.76. The van der Waals surface area contributed by atoms with Crippen molar-refractivity contribution in [2.45, 2.75) is 25.1 Å². The van der Waals surface area contributed by atoms with Gasteiger partial charge in [0.25, 0.3) is 5.91 Å². The highest BCUT2D eigenvalue weighted by molar-refractivity contribution is 7.15. The second-order valence-corrected chi connectivity index (χ2v) is 9.38. The zero-order chi connectivity index (χ0) is 27.0. The molecule has 3 aromatic rings. The van der Waals surface area contributed by atoms with E-state index in [1.807, 2.05) is 0 Å². The molecule has 192 valence electrons. The van der Waals surface area contributed by atoms with E-state index in [-0.39, 0.29) is 10.4 Å². The lowest BCUT2D eigenvalue weighted by atomic mass is 9.71. The molecule has 0 saturated carbocycles. The van der Waals surface area contributed by atoms with Gasteiger partial charge in [-0.15, -0.1) is 11.3 Å². The molecular weight excluding hydrogens is 513 g/mol. The Morgan fingerprint density at radius 3 is 2.54 bits per heavy atom. The van der Waals surface area contributed by atoms with Gasteiger partial charge in [0.1, 0.15) is 23.3 Å². The average Bonchev–Trinajstić information content (AvgIpc) is 3.33. The molecule has 0 saturated heterocycles. The van der Waals surface area contributed by atoms with E-state index in [0.29, 0.717) is 34.6 Å². The number of rotatable bonds is 6. The molecule has 1 aliphatic rings. The third-order valence-corrected chi connectivity index (χ3v) is 7.27. The van der Waals surface area contributed by atoms with Crippen LogP contribution in [0.3, 0.4) is 0 Å². The number of anilines is 1. The number of benzene rings is 2. The van der Waals surface area contributed by atoms with Crippen LogP contribution in [0.2, 0.25) is 0 Å². The van der Waals surface area contributed by atoms with Gasteiger partial charge in [-0.1, -0.05) is 12.1 Å². The van der Waals surface area contributed by atoms with Crippen LogP contribution in [0.25, 0.3) is 10.4 Å². The number of alkyl halides is 3. The van der Waals surface area contributed by atoms with E-state index in [4.69, 9.17) is 10.5 Å². The maximum atomic E-state index is 14.2. The molecule has 2 N–H and O–H groups in total. The largest absolute Gasteiger partial charge is 0.492 e. The molecule has 2 unspecified atom stereocenters.